The van der Waals surface area contributed by atoms with Crippen molar-refractivity contribution in [1.29, 1.82) is 0 Å². The molecule has 1 aromatic rings. The summed E-state index contributed by atoms with van der Waals surface area (Å²) in [5.74, 6) is 0.791. The van der Waals surface area contributed by atoms with Crippen LogP contribution in [0, 0.1) is 0 Å². The van der Waals surface area contributed by atoms with E-state index in [2.05, 4.69) is 27.6 Å². The highest BCUT2D eigenvalue weighted by atomic mass is 16.2. The van der Waals surface area contributed by atoms with Gasteiger partial charge in [0.15, 0.2) is 0 Å². The number of carbonyl (C=O) groups excluding carboxylic acids is 1. The van der Waals surface area contributed by atoms with Crippen molar-refractivity contribution < 1.29 is 4.79 Å². The summed E-state index contributed by atoms with van der Waals surface area (Å²) in [5.41, 5.74) is 0. The molecule has 2 rings (SSSR count). The van der Waals surface area contributed by atoms with Gasteiger partial charge in [-0.2, -0.15) is 5.10 Å². The zero-order chi connectivity index (χ0) is 13.8. The van der Waals surface area contributed by atoms with Crippen LogP contribution in [0.3, 0.4) is 0 Å². The number of nitrogens with one attached hydrogen (secondary N) is 2. The van der Waals surface area contributed by atoms with Crippen molar-refractivity contribution >= 4 is 11.7 Å². The Bertz CT molecular complexity index is 428. The molecule has 6 nitrogen and oxygen atoms in total. The number of anilines is 1. The SMILES string of the molecule is CC1CN(CC(=O)Nc2ccnn2C(C)C)CCN1. The van der Waals surface area contributed by atoms with Gasteiger partial charge in [0.2, 0.25) is 5.91 Å². The second-order valence-corrected chi connectivity index (χ2v) is 5.39. The molecule has 0 radical (unpaired) electrons. The lowest BCUT2D eigenvalue weighted by Gasteiger charge is -2.31. The Morgan fingerprint density at radius 2 is 2.42 bits per heavy atom. The zero-order valence-electron chi connectivity index (χ0n) is 11.9. The van der Waals surface area contributed by atoms with Crippen LogP contribution >= 0.6 is 0 Å². The van der Waals surface area contributed by atoms with Gasteiger partial charge in [0.25, 0.3) is 0 Å². The van der Waals surface area contributed by atoms with E-state index in [1.807, 2.05) is 24.6 Å². The minimum atomic E-state index is 0.0245. The number of amides is 1. The second-order valence-electron chi connectivity index (χ2n) is 5.39. The van der Waals surface area contributed by atoms with Crippen LogP contribution in [0.25, 0.3) is 0 Å². The van der Waals surface area contributed by atoms with Crippen LogP contribution < -0.4 is 10.6 Å². The van der Waals surface area contributed by atoms with E-state index >= 15 is 0 Å². The van der Waals surface area contributed by atoms with Crippen molar-refractivity contribution in [2.75, 3.05) is 31.5 Å². The monoisotopic (exact) mass is 265 g/mol. The van der Waals surface area contributed by atoms with E-state index in [0.717, 1.165) is 25.5 Å². The predicted octanol–water partition coefficient (Wildman–Crippen LogP) is 0.696. The molecule has 1 saturated heterocycles. The molecule has 19 heavy (non-hydrogen) atoms. The average Bonchev–Trinajstić information content (AvgIpc) is 2.76. The van der Waals surface area contributed by atoms with E-state index in [0.29, 0.717) is 12.6 Å². The fourth-order valence-corrected chi connectivity index (χ4v) is 2.37. The topological polar surface area (TPSA) is 62.2 Å². The highest BCUT2D eigenvalue weighted by Gasteiger charge is 2.18. The Morgan fingerprint density at radius 1 is 1.63 bits per heavy atom. The summed E-state index contributed by atoms with van der Waals surface area (Å²) in [6, 6.07) is 2.52. The quantitative estimate of drug-likeness (QED) is 0.841. The first-order valence-electron chi connectivity index (χ1n) is 6.85. The summed E-state index contributed by atoms with van der Waals surface area (Å²) < 4.78 is 1.82. The van der Waals surface area contributed by atoms with Crippen molar-refractivity contribution in [3.8, 4) is 0 Å². The number of nitrogens with zero attached hydrogens (tertiary/aromatic N) is 3. The summed E-state index contributed by atoms with van der Waals surface area (Å²) in [6.07, 6.45) is 1.71. The Kier molecular flexibility index (Phi) is 4.55. The molecule has 1 aliphatic rings. The maximum atomic E-state index is 12.0. The molecule has 1 atom stereocenters. The molecular formula is C13H23N5O. The van der Waals surface area contributed by atoms with Gasteiger partial charge in [0, 0.05) is 37.8 Å². The van der Waals surface area contributed by atoms with Crippen molar-refractivity contribution in [3.05, 3.63) is 12.3 Å². The third-order valence-electron chi connectivity index (χ3n) is 3.25. The van der Waals surface area contributed by atoms with Gasteiger partial charge in [-0.3, -0.25) is 9.69 Å². The third-order valence-corrected chi connectivity index (χ3v) is 3.25. The van der Waals surface area contributed by atoms with E-state index in [1.165, 1.54) is 0 Å². The third kappa shape index (κ3) is 3.78. The predicted molar refractivity (Wildman–Crippen MR) is 75.1 cm³/mol. The summed E-state index contributed by atoms with van der Waals surface area (Å²) >= 11 is 0. The fraction of sp³-hybridized carbons (Fsp3) is 0.692. The highest BCUT2D eigenvalue weighted by Crippen LogP contribution is 2.13. The molecule has 0 aromatic carbocycles. The van der Waals surface area contributed by atoms with Crippen LogP contribution in [0.5, 0.6) is 0 Å². The Hall–Kier alpha value is -1.40. The molecule has 0 aliphatic carbocycles. The smallest absolute Gasteiger partial charge is 0.239 e. The lowest BCUT2D eigenvalue weighted by Crippen LogP contribution is -2.51. The Balaban J connectivity index is 1.88. The van der Waals surface area contributed by atoms with Crippen molar-refractivity contribution in [3.63, 3.8) is 0 Å². The van der Waals surface area contributed by atoms with Crippen LogP contribution in [0.2, 0.25) is 0 Å². The largest absolute Gasteiger partial charge is 0.312 e. The fourth-order valence-electron chi connectivity index (χ4n) is 2.37. The van der Waals surface area contributed by atoms with Crippen LogP contribution in [0.1, 0.15) is 26.8 Å². The summed E-state index contributed by atoms with van der Waals surface area (Å²) in [7, 11) is 0. The van der Waals surface area contributed by atoms with Crippen LogP contribution in [-0.2, 0) is 4.79 Å². The summed E-state index contributed by atoms with van der Waals surface area (Å²) in [5, 5.41) is 10.5. The molecule has 1 aliphatic heterocycles. The molecule has 6 heteroatoms. The van der Waals surface area contributed by atoms with Crippen LogP contribution in [0.4, 0.5) is 5.82 Å². The van der Waals surface area contributed by atoms with Gasteiger partial charge in [-0.25, -0.2) is 4.68 Å². The molecule has 0 spiro atoms. The number of hydrogen-bond donors (Lipinski definition) is 2. The normalized spacial score (nSPS) is 20.7. The Morgan fingerprint density at radius 3 is 3.11 bits per heavy atom. The van der Waals surface area contributed by atoms with Gasteiger partial charge in [0.1, 0.15) is 5.82 Å². The zero-order valence-corrected chi connectivity index (χ0v) is 11.9. The van der Waals surface area contributed by atoms with Gasteiger partial charge >= 0.3 is 0 Å². The summed E-state index contributed by atoms with van der Waals surface area (Å²) in [4.78, 5) is 14.2. The molecule has 2 heterocycles. The van der Waals surface area contributed by atoms with Gasteiger partial charge in [-0.15, -0.1) is 0 Å². The molecule has 1 unspecified atom stereocenters. The maximum absolute atomic E-state index is 12.0. The molecule has 1 amide bonds. The molecule has 1 aromatic heterocycles. The minimum absolute atomic E-state index is 0.0245. The first-order valence-corrected chi connectivity index (χ1v) is 6.85. The van der Waals surface area contributed by atoms with Gasteiger partial charge < -0.3 is 10.6 Å². The van der Waals surface area contributed by atoms with Crippen molar-refractivity contribution in [2.24, 2.45) is 0 Å². The molecule has 106 valence electrons. The second kappa shape index (κ2) is 6.16. The number of rotatable bonds is 4. The lowest BCUT2D eigenvalue weighted by molar-refractivity contribution is -0.117. The van der Waals surface area contributed by atoms with E-state index in [9.17, 15) is 4.79 Å². The molecule has 0 saturated carbocycles. The maximum Gasteiger partial charge on any atom is 0.239 e. The van der Waals surface area contributed by atoms with Gasteiger partial charge in [-0.05, 0) is 20.8 Å². The van der Waals surface area contributed by atoms with E-state index in [1.54, 1.807) is 6.20 Å². The lowest BCUT2D eigenvalue weighted by atomic mass is 10.2. The standard InChI is InChI=1S/C13H23N5O/c1-10(2)18-12(4-5-15-18)16-13(19)9-17-7-6-14-11(3)8-17/h4-5,10-11,14H,6-9H2,1-3H3,(H,16,19). The van der Waals surface area contributed by atoms with Crippen molar-refractivity contribution in [2.45, 2.75) is 32.9 Å². The molecule has 0 bridgehead atoms. The van der Waals surface area contributed by atoms with E-state index < -0.39 is 0 Å². The first-order chi connectivity index (χ1) is 9.06. The number of carbonyl (C=O) groups is 1. The van der Waals surface area contributed by atoms with E-state index in [4.69, 9.17) is 0 Å². The van der Waals surface area contributed by atoms with Crippen LogP contribution in [-0.4, -0.2) is 52.8 Å². The van der Waals surface area contributed by atoms with E-state index in [-0.39, 0.29) is 11.9 Å². The Labute approximate surface area is 114 Å². The molecule has 2 N–H and O–H groups in total. The molecular weight excluding hydrogens is 242 g/mol. The summed E-state index contributed by atoms with van der Waals surface area (Å²) in [6.45, 7) is 9.44. The average molecular weight is 265 g/mol. The molecule has 1 fully saturated rings. The number of aromatic nitrogens is 2. The van der Waals surface area contributed by atoms with Gasteiger partial charge in [0.05, 0.1) is 12.7 Å². The van der Waals surface area contributed by atoms with Gasteiger partial charge in [-0.1, -0.05) is 0 Å². The first kappa shape index (κ1) is 14.0. The highest BCUT2D eigenvalue weighted by molar-refractivity contribution is 5.91. The van der Waals surface area contributed by atoms with Crippen LogP contribution in [0.15, 0.2) is 12.3 Å². The number of piperazine rings is 1. The minimum Gasteiger partial charge on any atom is -0.312 e. The number of hydrogen-bond acceptors (Lipinski definition) is 4. The van der Waals surface area contributed by atoms with Crippen molar-refractivity contribution in [1.82, 2.24) is 20.0 Å².